The summed E-state index contributed by atoms with van der Waals surface area (Å²) < 4.78 is 27.3. The number of halogens is 2. The van der Waals surface area contributed by atoms with Gasteiger partial charge in [-0.3, -0.25) is 0 Å². The van der Waals surface area contributed by atoms with Gasteiger partial charge >= 0.3 is 0 Å². The molecule has 0 aliphatic carbocycles. The molecule has 2 aromatic carbocycles. The number of rotatable bonds is 4. The molecular weight excluding hydrogens is 340 g/mol. The average Bonchev–Trinajstić information content (AvgIpc) is 3.13. The topological polar surface area (TPSA) is 27.3 Å². The number of hydrogen-bond donors (Lipinski definition) is 2. The maximum Gasteiger partial charge on any atom is 0.171 e. The third kappa shape index (κ3) is 4.25. The molecule has 1 unspecified atom stereocenters. The predicted octanol–water partition coefficient (Wildman–Crippen LogP) is 4.61. The molecule has 0 amide bonds. The third-order valence-electron chi connectivity index (χ3n) is 4.41. The highest BCUT2D eigenvalue weighted by Gasteiger charge is 2.14. The van der Waals surface area contributed by atoms with Gasteiger partial charge in [-0.1, -0.05) is 18.2 Å². The molecule has 132 valence electrons. The Balaban J connectivity index is 1.61. The summed E-state index contributed by atoms with van der Waals surface area (Å²) >= 11 is 5.18. The molecule has 2 N–H and O–H groups in total. The summed E-state index contributed by atoms with van der Waals surface area (Å²) in [5.74, 6) is -1.35. The minimum Gasteiger partial charge on any atom is -0.372 e. The van der Waals surface area contributed by atoms with Gasteiger partial charge in [0.15, 0.2) is 5.11 Å². The van der Waals surface area contributed by atoms with E-state index in [1.165, 1.54) is 36.7 Å². The van der Waals surface area contributed by atoms with E-state index in [0.29, 0.717) is 0 Å². The van der Waals surface area contributed by atoms with Crippen LogP contribution in [0.25, 0.3) is 0 Å². The Morgan fingerprint density at radius 2 is 1.64 bits per heavy atom. The van der Waals surface area contributed by atoms with Crippen molar-refractivity contribution in [3.05, 3.63) is 59.7 Å². The Kier molecular flexibility index (Phi) is 5.48. The molecule has 3 nitrogen and oxygen atoms in total. The van der Waals surface area contributed by atoms with Crippen LogP contribution in [0.5, 0.6) is 0 Å². The number of para-hydroxylation sites is 1. The van der Waals surface area contributed by atoms with E-state index >= 15 is 0 Å². The number of hydrogen-bond acceptors (Lipinski definition) is 2. The summed E-state index contributed by atoms with van der Waals surface area (Å²) in [4.78, 5) is 2.37. The smallest absolute Gasteiger partial charge is 0.171 e. The monoisotopic (exact) mass is 361 g/mol. The zero-order valence-corrected chi connectivity index (χ0v) is 14.9. The van der Waals surface area contributed by atoms with Crippen molar-refractivity contribution in [2.24, 2.45) is 0 Å². The van der Waals surface area contributed by atoms with E-state index in [-0.39, 0.29) is 16.8 Å². The minimum atomic E-state index is -0.674. The Bertz CT molecular complexity index is 723. The first-order valence-electron chi connectivity index (χ1n) is 8.41. The molecule has 1 saturated heterocycles. The van der Waals surface area contributed by atoms with Crippen molar-refractivity contribution >= 4 is 28.7 Å². The summed E-state index contributed by atoms with van der Waals surface area (Å²) in [6.07, 6.45) is 2.48. The zero-order valence-electron chi connectivity index (χ0n) is 14.1. The van der Waals surface area contributed by atoms with Crippen LogP contribution in [0, 0.1) is 11.6 Å². The Morgan fingerprint density at radius 3 is 2.24 bits per heavy atom. The molecule has 0 aromatic heterocycles. The van der Waals surface area contributed by atoms with Gasteiger partial charge in [0.05, 0.1) is 6.04 Å². The lowest BCUT2D eigenvalue weighted by molar-refractivity contribution is 0.590. The van der Waals surface area contributed by atoms with Gasteiger partial charge in [-0.15, -0.1) is 0 Å². The van der Waals surface area contributed by atoms with Crippen LogP contribution in [0.4, 0.5) is 20.2 Å². The summed E-state index contributed by atoms with van der Waals surface area (Å²) in [7, 11) is 0. The molecule has 1 heterocycles. The number of nitrogens with one attached hydrogen (secondary N) is 2. The van der Waals surface area contributed by atoms with Gasteiger partial charge < -0.3 is 15.5 Å². The van der Waals surface area contributed by atoms with Crippen molar-refractivity contribution in [1.82, 2.24) is 5.32 Å². The van der Waals surface area contributed by atoms with Crippen molar-refractivity contribution < 1.29 is 8.78 Å². The van der Waals surface area contributed by atoms with E-state index in [1.807, 2.05) is 6.92 Å². The second kappa shape index (κ2) is 7.78. The molecule has 0 radical (unpaired) electrons. The van der Waals surface area contributed by atoms with Crippen LogP contribution in [-0.2, 0) is 0 Å². The van der Waals surface area contributed by atoms with Crippen LogP contribution in [0.15, 0.2) is 42.5 Å². The van der Waals surface area contributed by atoms with E-state index in [2.05, 4.69) is 39.8 Å². The summed E-state index contributed by atoms with van der Waals surface area (Å²) in [5.41, 5.74) is 2.04. The highest BCUT2D eigenvalue weighted by Crippen LogP contribution is 2.23. The molecule has 1 fully saturated rings. The molecule has 1 aliphatic rings. The molecule has 6 heteroatoms. The molecule has 0 spiro atoms. The Labute approximate surface area is 152 Å². The SMILES string of the molecule is CC(NC(=S)Nc1c(F)cccc1F)c1ccc(N2CCCC2)cc1. The molecule has 1 aliphatic heterocycles. The zero-order chi connectivity index (χ0) is 17.8. The van der Waals surface area contributed by atoms with E-state index in [9.17, 15) is 8.78 Å². The highest BCUT2D eigenvalue weighted by atomic mass is 32.1. The van der Waals surface area contributed by atoms with E-state index < -0.39 is 11.6 Å². The van der Waals surface area contributed by atoms with Crippen molar-refractivity contribution in [1.29, 1.82) is 0 Å². The molecule has 3 rings (SSSR count). The molecule has 0 bridgehead atoms. The molecule has 2 aromatic rings. The van der Waals surface area contributed by atoms with E-state index in [0.717, 1.165) is 18.7 Å². The number of benzene rings is 2. The van der Waals surface area contributed by atoms with E-state index in [4.69, 9.17) is 12.2 Å². The lowest BCUT2D eigenvalue weighted by Crippen LogP contribution is -2.31. The lowest BCUT2D eigenvalue weighted by atomic mass is 10.1. The largest absolute Gasteiger partial charge is 0.372 e. The van der Waals surface area contributed by atoms with Crippen LogP contribution in [-0.4, -0.2) is 18.2 Å². The Morgan fingerprint density at radius 1 is 1.04 bits per heavy atom. The second-order valence-corrected chi connectivity index (χ2v) is 6.61. The first-order valence-corrected chi connectivity index (χ1v) is 8.82. The number of nitrogens with zero attached hydrogens (tertiary/aromatic N) is 1. The van der Waals surface area contributed by atoms with Gasteiger partial charge in [-0.2, -0.15) is 0 Å². The predicted molar refractivity (Wildman–Crippen MR) is 102 cm³/mol. The van der Waals surface area contributed by atoms with Gasteiger partial charge in [0, 0.05) is 18.8 Å². The van der Waals surface area contributed by atoms with Gasteiger partial charge in [0.2, 0.25) is 0 Å². The van der Waals surface area contributed by atoms with Crippen LogP contribution in [0.1, 0.15) is 31.4 Å². The Hall–Kier alpha value is -2.21. The van der Waals surface area contributed by atoms with Crippen LogP contribution < -0.4 is 15.5 Å². The van der Waals surface area contributed by atoms with Crippen molar-refractivity contribution in [3.8, 4) is 0 Å². The number of anilines is 2. The van der Waals surface area contributed by atoms with Gasteiger partial charge in [0.1, 0.15) is 17.3 Å². The van der Waals surface area contributed by atoms with Crippen LogP contribution in [0.2, 0.25) is 0 Å². The summed E-state index contributed by atoms with van der Waals surface area (Å²) in [6, 6.07) is 11.9. The lowest BCUT2D eigenvalue weighted by Gasteiger charge is -2.20. The van der Waals surface area contributed by atoms with Crippen molar-refractivity contribution in [2.75, 3.05) is 23.3 Å². The highest BCUT2D eigenvalue weighted by molar-refractivity contribution is 7.80. The minimum absolute atomic E-state index is 0.0811. The van der Waals surface area contributed by atoms with Crippen molar-refractivity contribution in [3.63, 3.8) is 0 Å². The van der Waals surface area contributed by atoms with Crippen molar-refractivity contribution in [2.45, 2.75) is 25.8 Å². The number of thiocarbonyl (C=S) groups is 1. The quantitative estimate of drug-likeness (QED) is 0.778. The fraction of sp³-hybridized carbons (Fsp3) is 0.316. The molecule has 1 atom stereocenters. The third-order valence-corrected chi connectivity index (χ3v) is 4.63. The van der Waals surface area contributed by atoms with Gasteiger partial charge in [-0.05, 0) is 61.8 Å². The van der Waals surface area contributed by atoms with Gasteiger partial charge in [0.25, 0.3) is 0 Å². The molecule has 25 heavy (non-hydrogen) atoms. The van der Waals surface area contributed by atoms with Crippen LogP contribution in [0.3, 0.4) is 0 Å². The fourth-order valence-corrected chi connectivity index (χ4v) is 3.27. The first-order chi connectivity index (χ1) is 12.0. The summed E-state index contributed by atoms with van der Waals surface area (Å²) in [5, 5.41) is 5.84. The van der Waals surface area contributed by atoms with E-state index in [1.54, 1.807) is 0 Å². The normalized spacial score (nSPS) is 15.1. The average molecular weight is 361 g/mol. The summed E-state index contributed by atoms with van der Waals surface area (Å²) in [6.45, 7) is 4.17. The maximum atomic E-state index is 13.7. The standard InChI is InChI=1S/C19H21F2N3S/c1-13(14-7-9-15(10-8-14)24-11-2-3-12-24)22-19(25)23-18-16(20)5-4-6-17(18)21/h4-10,13H,2-3,11-12H2,1H3,(H2,22,23,25). The fourth-order valence-electron chi connectivity index (χ4n) is 3.00. The second-order valence-electron chi connectivity index (χ2n) is 6.20. The molecular formula is C19H21F2N3S. The molecule has 0 saturated carbocycles. The van der Waals surface area contributed by atoms with Crippen LogP contribution >= 0.6 is 12.2 Å². The first kappa shape index (κ1) is 17.6. The van der Waals surface area contributed by atoms with Gasteiger partial charge in [-0.25, -0.2) is 8.78 Å². The maximum absolute atomic E-state index is 13.7.